The first-order valence-corrected chi connectivity index (χ1v) is 7.04. The molecule has 0 bridgehead atoms. The van der Waals surface area contributed by atoms with Gasteiger partial charge in [-0.15, -0.1) is 0 Å². The van der Waals surface area contributed by atoms with Gasteiger partial charge in [0.2, 0.25) is 0 Å². The monoisotopic (exact) mass is 266 g/mol. The minimum absolute atomic E-state index is 0.146. The van der Waals surface area contributed by atoms with Gasteiger partial charge >= 0.3 is 5.97 Å². The van der Waals surface area contributed by atoms with Crippen molar-refractivity contribution in [2.75, 3.05) is 6.54 Å². The molecule has 0 saturated carbocycles. The smallest absolute Gasteiger partial charge is 0.343 e. The highest BCUT2D eigenvalue weighted by molar-refractivity contribution is 5.93. The maximum atomic E-state index is 11.9. The minimum Gasteiger partial charge on any atom is -0.404 e. The number of ether oxygens (including phenoxy) is 1. The molecule has 100 valence electrons. The lowest BCUT2D eigenvalue weighted by Gasteiger charge is -2.29. The number of hydrogen-bond acceptors (Lipinski definition) is 2. The molecule has 2 heterocycles. The van der Waals surface area contributed by atoms with Crippen LogP contribution in [0.1, 0.15) is 33.3 Å². The Morgan fingerprint density at radius 2 is 1.75 bits per heavy atom. The Hall–Kier alpha value is -2.13. The van der Waals surface area contributed by atoms with Crippen molar-refractivity contribution < 1.29 is 14.4 Å². The number of carbonyl (C=O) groups is 1. The van der Waals surface area contributed by atoms with Gasteiger partial charge < -0.3 is 4.74 Å². The zero-order chi connectivity index (χ0) is 13.5. The number of carbonyl (C=O) groups excluding carboxylic acids is 1. The Kier molecular flexibility index (Phi) is 2.60. The normalized spacial score (nSPS) is 23.9. The molecule has 0 radical (unpaired) electrons. The standard InChI is InChI=1S/C17H15NO2/c19-17-15-8-4-3-7-14(15)16(20-17)18-10-9-12-5-1-2-6-13(12)11-18/h1-8,16H,9-11H2/p+1/t16-/m0/s1. The van der Waals surface area contributed by atoms with Gasteiger partial charge in [0.15, 0.2) is 0 Å². The minimum atomic E-state index is -0.183. The molecule has 0 aliphatic carbocycles. The Morgan fingerprint density at radius 3 is 2.65 bits per heavy atom. The van der Waals surface area contributed by atoms with Crippen LogP contribution in [0.15, 0.2) is 48.5 Å². The van der Waals surface area contributed by atoms with Crippen LogP contribution < -0.4 is 4.90 Å². The van der Waals surface area contributed by atoms with Crippen LogP contribution in [0.4, 0.5) is 0 Å². The largest absolute Gasteiger partial charge is 0.404 e. The summed E-state index contributed by atoms with van der Waals surface area (Å²) in [7, 11) is 0. The van der Waals surface area contributed by atoms with Crippen LogP contribution in [0.5, 0.6) is 0 Å². The van der Waals surface area contributed by atoms with E-state index in [1.807, 2.05) is 24.3 Å². The van der Waals surface area contributed by atoms with E-state index in [9.17, 15) is 4.79 Å². The van der Waals surface area contributed by atoms with Gasteiger partial charge in [0.25, 0.3) is 6.23 Å². The zero-order valence-corrected chi connectivity index (χ0v) is 11.1. The maximum Gasteiger partial charge on any atom is 0.343 e. The lowest BCUT2D eigenvalue weighted by molar-refractivity contribution is -0.966. The van der Waals surface area contributed by atoms with E-state index >= 15 is 0 Å². The van der Waals surface area contributed by atoms with Gasteiger partial charge in [0.05, 0.1) is 17.7 Å². The molecule has 4 rings (SSSR count). The molecule has 1 N–H and O–H groups in total. The highest BCUT2D eigenvalue weighted by Crippen LogP contribution is 2.27. The van der Waals surface area contributed by atoms with Crippen LogP contribution in [0.25, 0.3) is 0 Å². The molecule has 20 heavy (non-hydrogen) atoms. The Morgan fingerprint density at radius 1 is 1.00 bits per heavy atom. The first-order chi connectivity index (χ1) is 9.83. The molecule has 0 spiro atoms. The van der Waals surface area contributed by atoms with E-state index < -0.39 is 0 Å². The molecule has 3 nitrogen and oxygen atoms in total. The topological polar surface area (TPSA) is 30.7 Å². The average Bonchev–Trinajstić information content (AvgIpc) is 2.85. The van der Waals surface area contributed by atoms with E-state index in [4.69, 9.17) is 4.74 Å². The summed E-state index contributed by atoms with van der Waals surface area (Å²) >= 11 is 0. The summed E-state index contributed by atoms with van der Waals surface area (Å²) in [5.74, 6) is -0.183. The second-order valence-electron chi connectivity index (χ2n) is 5.48. The average molecular weight is 266 g/mol. The summed E-state index contributed by atoms with van der Waals surface area (Å²) in [4.78, 5) is 13.2. The molecule has 2 aliphatic heterocycles. The van der Waals surface area contributed by atoms with E-state index in [0.717, 1.165) is 30.6 Å². The highest BCUT2D eigenvalue weighted by Gasteiger charge is 2.39. The van der Waals surface area contributed by atoms with Gasteiger partial charge in [-0.05, 0) is 17.7 Å². The first kappa shape index (κ1) is 11.7. The quantitative estimate of drug-likeness (QED) is 0.793. The van der Waals surface area contributed by atoms with E-state index in [2.05, 4.69) is 24.3 Å². The number of quaternary nitrogens is 1. The predicted molar refractivity (Wildman–Crippen MR) is 74.3 cm³/mol. The number of rotatable bonds is 1. The Labute approximate surface area is 117 Å². The summed E-state index contributed by atoms with van der Waals surface area (Å²) in [5, 5.41) is 0. The predicted octanol–water partition coefficient (Wildman–Crippen LogP) is 1.50. The molecule has 3 heteroatoms. The molecular weight excluding hydrogens is 250 g/mol. The summed E-state index contributed by atoms with van der Waals surface area (Å²) in [5.41, 5.74) is 4.55. The highest BCUT2D eigenvalue weighted by atomic mass is 16.6. The number of fused-ring (bicyclic) bond motifs is 2. The third-order valence-electron chi connectivity index (χ3n) is 4.31. The van der Waals surface area contributed by atoms with Gasteiger partial charge in [-0.3, -0.25) is 4.90 Å². The van der Waals surface area contributed by atoms with Crippen molar-refractivity contribution >= 4 is 5.97 Å². The van der Waals surface area contributed by atoms with E-state index in [1.54, 1.807) is 0 Å². The fourth-order valence-corrected chi connectivity index (χ4v) is 3.27. The van der Waals surface area contributed by atoms with Crippen molar-refractivity contribution in [1.29, 1.82) is 0 Å². The molecule has 1 unspecified atom stereocenters. The molecule has 2 aromatic carbocycles. The third-order valence-corrected chi connectivity index (χ3v) is 4.31. The summed E-state index contributed by atoms with van der Waals surface area (Å²) in [6.45, 7) is 1.92. The molecule has 2 atom stereocenters. The van der Waals surface area contributed by atoms with E-state index in [-0.39, 0.29) is 12.2 Å². The lowest BCUT2D eigenvalue weighted by atomic mass is 9.98. The van der Waals surface area contributed by atoms with Crippen LogP contribution in [0.2, 0.25) is 0 Å². The SMILES string of the molecule is O=C1O[C@H]([NH+]2CCc3ccccc3C2)c2ccccc21. The summed E-state index contributed by atoms with van der Waals surface area (Å²) < 4.78 is 5.61. The fourth-order valence-electron chi connectivity index (χ4n) is 3.27. The molecular formula is C17H16NO2+. The van der Waals surface area contributed by atoms with E-state index in [0.29, 0.717) is 0 Å². The zero-order valence-electron chi connectivity index (χ0n) is 11.1. The number of nitrogens with one attached hydrogen (secondary N) is 1. The number of esters is 1. The van der Waals surface area contributed by atoms with Gasteiger partial charge in [-0.2, -0.15) is 0 Å². The lowest BCUT2D eigenvalue weighted by Crippen LogP contribution is -3.12. The summed E-state index contributed by atoms with van der Waals surface area (Å²) in [6.07, 6.45) is 0.897. The number of benzene rings is 2. The van der Waals surface area contributed by atoms with Gasteiger partial charge in [-0.25, -0.2) is 4.79 Å². The van der Waals surface area contributed by atoms with Crippen LogP contribution in [-0.4, -0.2) is 12.5 Å². The Balaban J connectivity index is 1.66. The van der Waals surface area contributed by atoms with Gasteiger partial charge in [0.1, 0.15) is 6.54 Å². The van der Waals surface area contributed by atoms with Gasteiger partial charge in [0, 0.05) is 12.0 Å². The second kappa shape index (κ2) is 4.46. The van der Waals surface area contributed by atoms with Crippen LogP contribution in [0, 0.1) is 0 Å². The van der Waals surface area contributed by atoms with Crippen molar-refractivity contribution in [3.8, 4) is 0 Å². The van der Waals surface area contributed by atoms with Gasteiger partial charge in [-0.1, -0.05) is 36.4 Å². The molecule has 0 fully saturated rings. The maximum absolute atomic E-state index is 11.9. The third kappa shape index (κ3) is 1.74. The van der Waals surface area contributed by atoms with Crippen LogP contribution in [0.3, 0.4) is 0 Å². The van der Waals surface area contributed by atoms with E-state index in [1.165, 1.54) is 16.0 Å². The van der Waals surface area contributed by atoms with Crippen molar-refractivity contribution in [3.63, 3.8) is 0 Å². The van der Waals surface area contributed by atoms with Crippen LogP contribution >= 0.6 is 0 Å². The Bertz CT molecular complexity index is 680. The number of cyclic esters (lactones) is 1. The summed E-state index contributed by atoms with van der Waals surface area (Å²) in [6, 6.07) is 16.3. The van der Waals surface area contributed by atoms with Crippen molar-refractivity contribution in [2.45, 2.75) is 19.2 Å². The first-order valence-electron chi connectivity index (χ1n) is 7.04. The van der Waals surface area contributed by atoms with Crippen molar-refractivity contribution in [1.82, 2.24) is 0 Å². The van der Waals surface area contributed by atoms with Crippen molar-refractivity contribution in [2.24, 2.45) is 0 Å². The number of hydrogen-bond donors (Lipinski definition) is 1. The molecule has 2 aromatic rings. The second-order valence-corrected chi connectivity index (χ2v) is 5.48. The van der Waals surface area contributed by atoms with Crippen LogP contribution in [-0.2, 0) is 17.7 Å². The fraction of sp³-hybridized carbons (Fsp3) is 0.235. The molecule has 0 amide bonds. The molecule has 0 saturated heterocycles. The van der Waals surface area contributed by atoms with Crippen molar-refractivity contribution in [3.05, 3.63) is 70.8 Å². The molecule has 2 aliphatic rings. The molecule has 0 aromatic heterocycles.